The van der Waals surface area contributed by atoms with Crippen LogP contribution < -0.4 is 5.32 Å². The van der Waals surface area contributed by atoms with Crippen molar-refractivity contribution in [1.82, 2.24) is 10.2 Å². The smallest absolute Gasteiger partial charge is 0.244 e. The van der Waals surface area contributed by atoms with Crippen molar-refractivity contribution in [1.29, 1.82) is 0 Å². The van der Waals surface area contributed by atoms with Gasteiger partial charge in [0.1, 0.15) is 6.17 Å². The zero-order chi connectivity index (χ0) is 15.8. The molecule has 1 aliphatic heterocycles. The van der Waals surface area contributed by atoms with E-state index in [0.717, 1.165) is 12.0 Å². The molecule has 2 atom stereocenters. The highest BCUT2D eigenvalue weighted by Crippen LogP contribution is 2.35. The summed E-state index contributed by atoms with van der Waals surface area (Å²) in [5.74, 6) is 0.171. The summed E-state index contributed by atoms with van der Waals surface area (Å²) < 4.78 is 0. The van der Waals surface area contributed by atoms with Crippen LogP contribution in [0.15, 0.2) is 24.3 Å². The largest absolute Gasteiger partial charge is 0.321 e. The first-order chi connectivity index (χ1) is 9.66. The number of benzene rings is 1. The maximum Gasteiger partial charge on any atom is 0.244 e. The van der Waals surface area contributed by atoms with E-state index in [4.69, 9.17) is 11.6 Å². The van der Waals surface area contributed by atoms with Crippen molar-refractivity contribution in [2.24, 2.45) is 5.41 Å². The number of carbonyl (C=O) groups is 1. The second-order valence-electron chi connectivity index (χ2n) is 7.28. The van der Waals surface area contributed by atoms with E-state index in [1.165, 1.54) is 0 Å². The molecule has 3 nitrogen and oxygen atoms in total. The highest BCUT2D eigenvalue weighted by molar-refractivity contribution is 6.30. The second-order valence-corrected chi connectivity index (χ2v) is 7.72. The van der Waals surface area contributed by atoms with Gasteiger partial charge in [-0.05, 0) is 36.5 Å². The van der Waals surface area contributed by atoms with Crippen LogP contribution in [0.4, 0.5) is 0 Å². The van der Waals surface area contributed by atoms with Crippen LogP contribution in [0.3, 0.4) is 0 Å². The number of carbonyl (C=O) groups excluding carboxylic acids is 1. The molecule has 21 heavy (non-hydrogen) atoms. The molecule has 1 amide bonds. The lowest BCUT2D eigenvalue weighted by molar-refractivity contribution is -0.134. The van der Waals surface area contributed by atoms with Gasteiger partial charge >= 0.3 is 0 Å². The van der Waals surface area contributed by atoms with Crippen LogP contribution in [0.1, 0.15) is 52.8 Å². The van der Waals surface area contributed by atoms with E-state index < -0.39 is 5.54 Å². The number of nitrogens with zero attached hydrogens (tertiary/aromatic N) is 1. The molecule has 0 saturated carbocycles. The number of hydrogen-bond donors (Lipinski definition) is 1. The molecule has 0 aromatic heterocycles. The number of hydrogen-bond acceptors (Lipinski definition) is 2. The fraction of sp³-hybridized carbons (Fsp3) is 0.588. The van der Waals surface area contributed by atoms with Crippen LogP contribution in [-0.4, -0.2) is 22.9 Å². The van der Waals surface area contributed by atoms with Crippen molar-refractivity contribution in [3.8, 4) is 0 Å². The molecular weight excluding hydrogens is 284 g/mol. The van der Waals surface area contributed by atoms with Crippen LogP contribution in [0.25, 0.3) is 0 Å². The van der Waals surface area contributed by atoms with Gasteiger partial charge in [-0.2, -0.15) is 0 Å². The van der Waals surface area contributed by atoms with Crippen molar-refractivity contribution in [2.45, 2.75) is 52.7 Å². The lowest BCUT2D eigenvalue weighted by Gasteiger charge is -2.31. The van der Waals surface area contributed by atoms with Gasteiger partial charge in [-0.25, -0.2) is 0 Å². The quantitative estimate of drug-likeness (QED) is 0.916. The number of rotatable bonds is 3. The molecule has 0 radical (unpaired) electrons. The molecule has 116 valence electrons. The van der Waals surface area contributed by atoms with Gasteiger partial charge in [0.25, 0.3) is 0 Å². The SMILES string of the molecule is CCC1(C)NC(c2cccc(Cl)c2)N(CC(C)(C)C)C1=O. The van der Waals surface area contributed by atoms with Gasteiger partial charge in [0.15, 0.2) is 0 Å². The number of nitrogens with one attached hydrogen (secondary N) is 1. The highest BCUT2D eigenvalue weighted by Gasteiger charge is 2.47. The third-order valence-corrected chi connectivity index (χ3v) is 4.25. The predicted molar refractivity (Wildman–Crippen MR) is 87.2 cm³/mol. The first-order valence-corrected chi connectivity index (χ1v) is 7.88. The first kappa shape index (κ1) is 16.3. The number of amides is 1. The van der Waals surface area contributed by atoms with Gasteiger partial charge in [-0.1, -0.05) is 51.4 Å². The van der Waals surface area contributed by atoms with E-state index >= 15 is 0 Å². The normalized spacial score (nSPS) is 26.5. The Morgan fingerprint density at radius 3 is 2.57 bits per heavy atom. The summed E-state index contributed by atoms with van der Waals surface area (Å²) in [6.07, 6.45) is 0.657. The molecule has 1 aromatic carbocycles. The van der Waals surface area contributed by atoms with Gasteiger partial charge in [0, 0.05) is 11.6 Å². The van der Waals surface area contributed by atoms with Crippen molar-refractivity contribution in [2.75, 3.05) is 6.54 Å². The summed E-state index contributed by atoms with van der Waals surface area (Å²) >= 11 is 6.11. The molecule has 0 bridgehead atoms. The summed E-state index contributed by atoms with van der Waals surface area (Å²) in [5.41, 5.74) is 0.586. The van der Waals surface area contributed by atoms with Crippen LogP contribution in [0, 0.1) is 5.41 Å². The summed E-state index contributed by atoms with van der Waals surface area (Å²) in [5, 5.41) is 4.20. The minimum Gasteiger partial charge on any atom is -0.321 e. The van der Waals surface area contributed by atoms with Crippen molar-refractivity contribution >= 4 is 17.5 Å². The lowest BCUT2D eigenvalue weighted by atomic mass is 9.94. The molecule has 2 unspecified atom stereocenters. The standard InChI is InChI=1S/C17H25ClN2O/c1-6-17(5)15(21)20(11-16(2,3)4)14(19-17)12-8-7-9-13(18)10-12/h7-10,14,19H,6,11H2,1-5H3. The Hall–Kier alpha value is -1.06. The van der Waals surface area contributed by atoms with Crippen LogP contribution in [0.2, 0.25) is 5.02 Å². The van der Waals surface area contributed by atoms with Crippen LogP contribution in [-0.2, 0) is 4.79 Å². The molecular formula is C17H25ClN2O. The molecule has 1 saturated heterocycles. The van der Waals surface area contributed by atoms with Crippen LogP contribution >= 0.6 is 11.6 Å². The molecule has 0 spiro atoms. The Labute approximate surface area is 132 Å². The molecule has 1 aromatic rings. The Kier molecular flexibility index (Phi) is 4.36. The van der Waals surface area contributed by atoms with E-state index in [-0.39, 0.29) is 17.5 Å². The van der Waals surface area contributed by atoms with E-state index in [2.05, 4.69) is 26.1 Å². The highest BCUT2D eigenvalue weighted by atomic mass is 35.5. The van der Waals surface area contributed by atoms with Crippen LogP contribution in [0.5, 0.6) is 0 Å². The molecule has 1 N–H and O–H groups in total. The zero-order valence-electron chi connectivity index (χ0n) is 13.5. The lowest BCUT2D eigenvalue weighted by Crippen LogP contribution is -2.43. The summed E-state index contributed by atoms with van der Waals surface area (Å²) in [6, 6.07) is 7.74. The van der Waals surface area contributed by atoms with Gasteiger partial charge < -0.3 is 4.90 Å². The third-order valence-electron chi connectivity index (χ3n) is 4.02. The summed E-state index contributed by atoms with van der Waals surface area (Å²) in [7, 11) is 0. The van der Waals surface area contributed by atoms with Gasteiger partial charge in [-0.15, -0.1) is 0 Å². The van der Waals surface area contributed by atoms with Crippen molar-refractivity contribution in [3.63, 3.8) is 0 Å². The van der Waals surface area contributed by atoms with Gasteiger partial charge in [0.05, 0.1) is 5.54 Å². The van der Waals surface area contributed by atoms with E-state index in [1.54, 1.807) is 0 Å². The Balaban J connectivity index is 2.39. The van der Waals surface area contributed by atoms with E-state index in [0.29, 0.717) is 11.6 Å². The molecule has 0 aliphatic carbocycles. The summed E-state index contributed by atoms with van der Waals surface area (Å²) in [4.78, 5) is 14.8. The minimum absolute atomic E-state index is 0.0488. The minimum atomic E-state index is -0.502. The maximum absolute atomic E-state index is 12.8. The zero-order valence-corrected chi connectivity index (χ0v) is 14.3. The monoisotopic (exact) mass is 308 g/mol. The Bertz CT molecular complexity index is 538. The average Bonchev–Trinajstić information content (AvgIpc) is 2.63. The van der Waals surface area contributed by atoms with E-state index in [9.17, 15) is 4.79 Å². The Morgan fingerprint density at radius 2 is 2.05 bits per heavy atom. The van der Waals surface area contributed by atoms with Gasteiger partial charge in [-0.3, -0.25) is 10.1 Å². The van der Waals surface area contributed by atoms with Crippen molar-refractivity contribution in [3.05, 3.63) is 34.9 Å². The summed E-state index contributed by atoms with van der Waals surface area (Å²) in [6.45, 7) is 11.2. The molecule has 1 heterocycles. The third kappa shape index (κ3) is 3.41. The van der Waals surface area contributed by atoms with Crippen molar-refractivity contribution < 1.29 is 4.79 Å². The maximum atomic E-state index is 12.8. The first-order valence-electron chi connectivity index (χ1n) is 7.50. The molecule has 1 fully saturated rings. The molecule has 1 aliphatic rings. The fourth-order valence-corrected chi connectivity index (χ4v) is 2.94. The number of halogens is 1. The fourth-order valence-electron chi connectivity index (χ4n) is 2.74. The second kappa shape index (κ2) is 5.62. The molecule has 4 heteroatoms. The predicted octanol–water partition coefficient (Wildman–Crippen LogP) is 3.99. The molecule has 2 rings (SSSR count). The average molecular weight is 309 g/mol. The van der Waals surface area contributed by atoms with Gasteiger partial charge in [0.2, 0.25) is 5.91 Å². The van der Waals surface area contributed by atoms with E-state index in [1.807, 2.05) is 43.0 Å². The topological polar surface area (TPSA) is 32.3 Å². The Morgan fingerprint density at radius 1 is 1.38 bits per heavy atom.